The van der Waals surface area contributed by atoms with E-state index in [0.717, 1.165) is 5.56 Å². The normalized spacial score (nSPS) is 20.1. The number of rotatable bonds is 4. The number of benzene rings is 1. The summed E-state index contributed by atoms with van der Waals surface area (Å²) < 4.78 is 23.2. The largest absolute Gasteiger partial charge is 0.336 e. The first-order valence-electron chi connectivity index (χ1n) is 7.30. The molecule has 1 heterocycles. The van der Waals surface area contributed by atoms with Crippen LogP contribution in [0.5, 0.6) is 0 Å². The van der Waals surface area contributed by atoms with Crippen LogP contribution in [-0.2, 0) is 19.4 Å². The van der Waals surface area contributed by atoms with Crippen LogP contribution in [0.1, 0.15) is 18.9 Å². The highest BCUT2D eigenvalue weighted by Gasteiger charge is 2.33. The molecule has 0 spiro atoms. The molecule has 0 radical (unpaired) electrons. The molecule has 1 aliphatic rings. The van der Waals surface area contributed by atoms with E-state index in [4.69, 9.17) is 0 Å². The van der Waals surface area contributed by atoms with Gasteiger partial charge < -0.3 is 10.2 Å². The molecule has 1 aliphatic heterocycles. The van der Waals surface area contributed by atoms with Crippen LogP contribution in [-0.4, -0.2) is 49.7 Å². The lowest BCUT2D eigenvalue weighted by atomic mass is 10.1. The number of carbonyl (C=O) groups excluding carboxylic acids is 2. The van der Waals surface area contributed by atoms with Gasteiger partial charge >= 0.3 is 0 Å². The van der Waals surface area contributed by atoms with E-state index < -0.39 is 15.7 Å². The van der Waals surface area contributed by atoms with Gasteiger partial charge in [-0.15, -0.1) is 0 Å². The van der Waals surface area contributed by atoms with Crippen molar-refractivity contribution in [1.82, 2.24) is 10.2 Å². The van der Waals surface area contributed by atoms with Crippen molar-refractivity contribution in [1.29, 1.82) is 0 Å². The van der Waals surface area contributed by atoms with E-state index in [1.165, 1.54) is 11.8 Å². The molecule has 2 rings (SSSR count). The van der Waals surface area contributed by atoms with E-state index in [1.807, 2.05) is 30.3 Å². The van der Waals surface area contributed by atoms with Crippen LogP contribution in [0.4, 0.5) is 0 Å². The van der Waals surface area contributed by atoms with Crippen molar-refractivity contribution in [2.24, 2.45) is 0 Å². The minimum atomic E-state index is -3.08. The summed E-state index contributed by atoms with van der Waals surface area (Å²) in [6.07, 6.45) is 2.01. The second-order valence-corrected chi connectivity index (χ2v) is 7.85. The number of hydrogen-bond donors (Lipinski definition) is 1. The lowest BCUT2D eigenvalue weighted by Gasteiger charge is -2.24. The molecule has 7 heteroatoms. The molecule has 6 nitrogen and oxygen atoms in total. The van der Waals surface area contributed by atoms with Crippen molar-refractivity contribution in [3.05, 3.63) is 41.6 Å². The van der Waals surface area contributed by atoms with Crippen LogP contribution in [0.15, 0.2) is 36.0 Å². The first-order valence-corrected chi connectivity index (χ1v) is 9.12. The molecule has 1 aromatic carbocycles. The van der Waals surface area contributed by atoms with Gasteiger partial charge in [-0.25, -0.2) is 8.42 Å². The summed E-state index contributed by atoms with van der Waals surface area (Å²) in [5.74, 6) is -0.694. The Morgan fingerprint density at radius 1 is 1.26 bits per heavy atom. The van der Waals surface area contributed by atoms with Crippen molar-refractivity contribution < 1.29 is 18.0 Å². The first-order chi connectivity index (χ1) is 10.8. The lowest BCUT2D eigenvalue weighted by Crippen LogP contribution is -2.42. The number of nitrogens with one attached hydrogen (secondary N) is 1. The zero-order chi connectivity index (χ0) is 17.0. The van der Waals surface area contributed by atoms with Crippen molar-refractivity contribution in [3.63, 3.8) is 0 Å². The molecular weight excluding hydrogens is 316 g/mol. The van der Waals surface area contributed by atoms with Gasteiger partial charge in [0.15, 0.2) is 9.84 Å². The Morgan fingerprint density at radius 2 is 1.91 bits per heavy atom. The summed E-state index contributed by atoms with van der Waals surface area (Å²) in [6.45, 7) is 1.33. The van der Waals surface area contributed by atoms with E-state index in [0.29, 0.717) is 6.42 Å². The van der Waals surface area contributed by atoms with Crippen molar-refractivity contribution in [3.8, 4) is 0 Å². The predicted molar refractivity (Wildman–Crippen MR) is 88.1 cm³/mol. The summed E-state index contributed by atoms with van der Waals surface area (Å²) in [5.41, 5.74) is 0.910. The van der Waals surface area contributed by atoms with Gasteiger partial charge in [0.2, 0.25) is 5.91 Å². The minimum absolute atomic E-state index is 0.0338. The molecule has 1 fully saturated rings. The van der Waals surface area contributed by atoms with Crippen LogP contribution < -0.4 is 5.32 Å². The molecule has 0 aromatic heterocycles. The van der Waals surface area contributed by atoms with Crippen LogP contribution in [0, 0.1) is 0 Å². The van der Waals surface area contributed by atoms with Gasteiger partial charge in [-0.3, -0.25) is 9.59 Å². The van der Waals surface area contributed by atoms with Crippen LogP contribution in [0.3, 0.4) is 0 Å². The van der Waals surface area contributed by atoms with Gasteiger partial charge in [0.1, 0.15) is 5.70 Å². The Hall–Kier alpha value is -2.15. The second kappa shape index (κ2) is 6.95. The highest BCUT2D eigenvalue weighted by molar-refractivity contribution is 7.91. The number of nitrogens with zero attached hydrogens (tertiary/aromatic N) is 1. The Morgan fingerprint density at radius 3 is 2.43 bits per heavy atom. The average molecular weight is 336 g/mol. The fourth-order valence-corrected chi connectivity index (χ4v) is 4.27. The third-order valence-electron chi connectivity index (χ3n) is 3.73. The molecule has 23 heavy (non-hydrogen) atoms. The van der Waals surface area contributed by atoms with E-state index in [1.54, 1.807) is 13.1 Å². The molecule has 124 valence electrons. The summed E-state index contributed by atoms with van der Waals surface area (Å²) >= 11 is 0. The maximum absolute atomic E-state index is 12.6. The molecule has 0 saturated carbocycles. The van der Waals surface area contributed by atoms with Gasteiger partial charge in [-0.1, -0.05) is 30.3 Å². The summed E-state index contributed by atoms with van der Waals surface area (Å²) in [7, 11) is -1.52. The molecule has 2 amide bonds. The van der Waals surface area contributed by atoms with Gasteiger partial charge in [0, 0.05) is 20.0 Å². The van der Waals surface area contributed by atoms with Gasteiger partial charge in [-0.2, -0.15) is 0 Å². The van der Waals surface area contributed by atoms with E-state index in [2.05, 4.69) is 5.32 Å². The van der Waals surface area contributed by atoms with Crippen molar-refractivity contribution >= 4 is 27.7 Å². The Balaban J connectivity index is 2.23. The minimum Gasteiger partial charge on any atom is -0.336 e. The highest BCUT2D eigenvalue weighted by Crippen LogP contribution is 2.18. The maximum Gasteiger partial charge on any atom is 0.270 e. The fraction of sp³-hybridized carbons (Fsp3) is 0.375. The number of carbonyl (C=O) groups is 2. The third kappa shape index (κ3) is 4.66. The SMILES string of the molecule is CC(=O)N/C(=C/c1ccccc1)C(=O)N(C)C1CCS(=O)(=O)C1. The molecule has 0 aliphatic carbocycles. The molecule has 1 N–H and O–H groups in total. The maximum atomic E-state index is 12.6. The second-order valence-electron chi connectivity index (χ2n) is 5.62. The quantitative estimate of drug-likeness (QED) is 0.825. The Kier molecular flexibility index (Phi) is 5.20. The van der Waals surface area contributed by atoms with Gasteiger partial charge in [0.25, 0.3) is 5.91 Å². The zero-order valence-corrected chi connectivity index (χ0v) is 14.0. The Bertz CT molecular complexity index is 726. The first kappa shape index (κ1) is 17.2. The monoisotopic (exact) mass is 336 g/mol. The molecule has 1 aromatic rings. The lowest BCUT2D eigenvalue weighted by molar-refractivity contribution is -0.129. The third-order valence-corrected chi connectivity index (χ3v) is 5.48. The number of likely N-dealkylation sites (N-methyl/N-ethyl adjacent to an activating group) is 1. The van der Waals surface area contributed by atoms with Crippen LogP contribution >= 0.6 is 0 Å². The number of hydrogen-bond acceptors (Lipinski definition) is 4. The highest BCUT2D eigenvalue weighted by atomic mass is 32.2. The summed E-state index contributed by atoms with van der Waals surface area (Å²) in [4.78, 5) is 25.4. The van der Waals surface area contributed by atoms with E-state index >= 15 is 0 Å². The molecule has 1 atom stereocenters. The fourth-order valence-electron chi connectivity index (χ4n) is 2.49. The van der Waals surface area contributed by atoms with Crippen molar-refractivity contribution in [2.75, 3.05) is 18.6 Å². The number of sulfone groups is 1. The van der Waals surface area contributed by atoms with Gasteiger partial charge in [-0.05, 0) is 18.1 Å². The smallest absolute Gasteiger partial charge is 0.270 e. The predicted octanol–water partition coefficient (Wildman–Crippen LogP) is 0.809. The molecular formula is C16H20N2O4S. The average Bonchev–Trinajstić information content (AvgIpc) is 2.86. The standard InChI is InChI=1S/C16H20N2O4S/c1-12(19)17-15(10-13-6-4-3-5-7-13)16(20)18(2)14-8-9-23(21,22)11-14/h3-7,10,14H,8-9,11H2,1-2H3,(H,17,19)/b15-10+. The summed E-state index contributed by atoms with van der Waals surface area (Å²) in [6, 6.07) is 8.78. The van der Waals surface area contributed by atoms with Crippen LogP contribution in [0.2, 0.25) is 0 Å². The molecule has 1 saturated heterocycles. The van der Waals surface area contributed by atoms with E-state index in [-0.39, 0.29) is 29.2 Å². The molecule has 0 bridgehead atoms. The molecule has 1 unspecified atom stereocenters. The zero-order valence-electron chi connectivity index (χ0n) is 13.2. The number of amides is 2. The van der Waals surface area contributed by atoms with E-state index in [9.17, 15) is 18.0 Å². The van der Waals surface area contributed by atoms with Gasteiger partial charge in [0.05, 0.1) is 11.5 Å². The van der Waals surface area contributed by atoms with Crippen LogP contribution in [0.25, 0.3) is 6.08 Å². The van der Waals surface area contributed by atoms with Crippen molar-refractivity contribution in [2.45, 2.75) is 19.4 Å². The summed E-state index contributed by atoms with van der Waals surface area (Å²) in [5, 5.41) is 2.53. The topological polar surface area (TPSA) is 83.6 Å². The Labute approximate surface area is 136 Å².